The Morgan fingerprint density at radius 2 is 2.00 bits per heavy atom. The third-order valence-corrected chi connectivity index (χ3v) is 4.36. The van der Waals surface area contributed by atoms with Gasteiger partial charge in [0.2, 0.25) is 0 Å². The number of fused-ring (bicyclic) bond motifs is 1. The van der Waals surface area contributed by atoms with Gasteiger partial charge in [-0.1, -0.05) is 0 Å². The van der Waals surface area contributed by atoms with Crippen LogP contribution in [0.2, 0.25) is 0 Å². The Bertz CT molecular complexity index is 1250. The highest BCUT2D eigenvalue weighted by atomic mass is 19.1. The van der Waals surface area contributed by atoms with E-state index in [1.807, 2.05) is 0 Å². The summed E-state index contributed by atoms with van der Waals surface area (Å²) in [6, 6.07) is 4.34. The molecular weight excluding hydrogens is 377 g/mol. The first-order chi connectivity index (χ1) is 13.8. The number of nitrogens with two attached hydrogens (primary N) is 1. The van der Waals surface area contributed by atoms with Crippen molar-refractivity contribution in [3.8, 4) is 22.5 Å². The van der Waals surface area contributed by atoms with Crippen molar-refractivity contribution in [1.82, 2.24) is 29.5 Å². The lowest BCUT2D eigenvalue weighted by atomic mass is 10.0. The van der Waals surface area contributed by atoms with E-state index in [1.165, 1.54) is 41.6 Å². The number of aromatic nitrogens is 6. The summed E-state index contributed by atoms with van der Waals surface area (Å²) in [5.41, 5.74) is 5.89. The standard InChI is InChI=1S/C19H16FN7O2/c1-19(2,29)15-8-25-27-14(7-23-18(27)26-15)10-3-4-13(20)11(5-10)16-12(17(21)28)6-22-9-24-16/h3-9,29H,1-2H3,(H2,21,28). The van der Waals surface area contributed by atoms with Crippen LogP contribution in [0.15, 0.2) is 43.1 Å². The molecule has 3 aromatic heterocycles. The minimum atomic E-state index is -1.16. The summed E-state index contributed by atoms with van der Waals surface area (Å²) in [6.45, 7) is 3.20. The molecule has 0 saturated heterocycles. The topological polar surface area (TPSA) is 132 Å². The number of benzene rings is 1. The van der Waals surface area contributed by atoms with Crippen LogP contribution >= 0.6 is 0 Å². The molecule has 146 valence electrons. The maximum atomic E-state index is 14.5. The lowest BCUT2D eigenvalue weighted by molar-refractivity contribution is 0.0734. The van der Waals surface area contributed by atoms with E-state index in [1.54, 1.807) is 19.9 Å². The van der Waals surface area contributed by atoms with Crippen LogP contribution < -0.4 is 5.73 Å². The smallest absolute Gasteiger partial charge is 0.252 e. The van der Waals surface area contributed by atoms with Gasteiger partial charge in [0.25, 0.3) is 11.7 Å². The predicted molar refractivity (Wildman–Crippen MR) is 101 cm³/mol. The molecule has 0 saturated carbocycles. The Balaban J connectivity index is 1.86. The number of rotatable bonds is 4. The molecule has 0 aliphatic heterocycles. The van der Waals surface area contributed by atoms with Gasteiger partial charge in [-0.2, -0.15) is 9.61 Å². The van der Waals surface area contributed by atoms with E-state index in [2.05, 4.69) is 25.0 Å². The maximum Gasteiger partial charge on any atom is 0.252 e. The summed E-state index contributed by atoms with van der Waals surface area (Å²) in [7, 11) is 0. The lowest BCUT2D eigenvalue weighted by Crippen LogP contribution is -2.19. The summed E-state index contributed by atoms with van der Waals surface area (Å²) in [6.07, 6.45) is 5.44. The van der Waals surface area contributed by atoms with Crippen LogP contribution in [0.4, 0.5) is 4.39 Å². The van der Waals surface area contributed by atoms with Crippen molar-refractivity contribution in [3.05, 3.63) is 60.2 Å². The SMILES string of the molecule is CC(C)(O)c1cnn2c(-c3ccc(F)c(-c4ncncc4C(N)=O)c3)cnc2n1. The van der Waals surface area contributed by atoms with Crippen molar-refractivity contribution < 1.29 is 14.3 Å². The Kier molecular flexibility index (Phi) is 4.27. The summed E-state index contributed by atoms with van der Waals surface area (Å²) in [5.74, 6) is -1.05. The van der Waals surface area contributed by atoms with E-state index in [9.17, 15) is 14.3 Å². The molecule has 0 aliphatic carbocycles. The number of halogens is 1. The molecule has 0 bridgehead atoms. The van der Waals surface area contributed by atoms with E-state index in [-0.39, 0.29) is 22.6 Å². The van der Waals surface area contributed by atoms with Crippen molar-refractivity contribution in [1.29, 1.82) is 0 Å². The molecule has 29 heavy (non-hydrogen) atoms. The summed E-state index contributed by atoms with van der Waals surface area (Å²) >= 11 is 0. The van der Waals surface area contributed by atoms with Crippen LogP contribution in [0.25, 0.3) is 28.3 Å². The molecule has 9 nitrogen and oxygen atoms in total. The van der Waals surface area contributed by atoms with Gasteiger partial charge < -0.3 is 10.8 Å². The Hall–Kier alpha value is -3.79. The summed E-state index contributed by atoms with van der Waals surface area (Å²) < 4.78 is 16.0. The lowest BCUT2D eigenvalue weighted by Gasteiger charge is -2.15. The second kappa shape index (κ2) is 6.67. The van der Waals surface area contributed by atoms with Crippen molar-refractivity contribution in [2.75, 3.05) is 0 Å². The number of imidazole rings is 1. The van der Waals surface area contributed by atoms with Gasteiger partial charge in [0.05, 0.1) is 35.0 Å². The van der Waals surface area contributed by atoms with E-state index >= 15 is 0 Å². The number of primary amides is 1. The van der Waals surface area contributed by atoms with Crippen molar-refractivity contribution in [2.24, 2.45) is 5.73 Å². The second-order valence-electron chi connectivity index (χ2n) is 6.90. The first-order valence-electron chi connectivity index (χ1n) is 8.59. The molecule has 0 radical (unpaired) electrons. The molecule has 0 fully saturated rings. The zero-order valence-electron chi connectivity index (χ0n) is 15.5. The van der Waals surface area contributed by atoms with Gasteiger partial charge in [0.15, 0.2) is 0 Å². The normalized spacial score (nSPS) is 11.7. The maximum absolute atomic E-state index is 14.5. The van der Waals surface area contributed by atoms with E-state index in [0.717, 1.165) is 0 Å². The molecule has 4 rings (SSSR count). The molecular formula is C19H16FN7O2. The van der Waals surface area contributed by atoms with Gasteiger partial charge in [-0.05, 0) is 32.0 Å². The molecule has 1 aromatic carbocycles. The number of carbonyl (C=O) groups excluding carboxylic acids is 1. The molecule has 10 heteroatoms. The van der Waals surface area contributed by atoms with Gasteiger partial charge in [-0.25, -0.2) is 24.3 Å². The molecule has 1 amide bonds. The Morgan fingerprint density at radius 3 is 2.72 bits per heavy atom. The number of hydrogen-bond acceptors (Lipinski definition) is 7. The number of amides is 1. The molecule has 4 aromatic rings. The van der Waals surface area contributed by atoms with Crippen LogP contribution in [0, 0.1) is 5.82 Å². The van der Waals surface area contributed by atoms with Crippen LogP contribution in [-0.2, 0) is 5.60 Å². The van der Waals surface area contributed by atoms with E-state index < -0.39 is 17.3 Å². The molecule has 0 aliphatic rings. The zero-order valence-corrected chi connectivity index (χ0v) is 15.5. The molecule has 0 atom stereocenters. The molecule has 0 spiro atoms. The first-order valence-corrected chi connectivity index (χ1v) is 8.59. The van der Waals surface area contributed by atoms with Gasteiger partial charge >= 0.3 is 0 Å². The third-order valence-electron chi connectivity index (χ3n) is 4.36. The van der Waals surface area contributed by atoms with Gasteiger partial charge in [-0.3, -0.25) is 4.79 Å². The first kappa shape index (κ1) is 18.6. The summed E-state index contributed by atoms with van der Waals surface area (Å²) in [4.78, 5) is 28.0. The highest BCUT2D eigenvalue weighted by molar-refractivity contribution is 5.98. The fourth-order valence-corrected chi connectivity index (χ4v) is 2.86. The fraction of sp³-hybridized carbons (Fsp3) is 0.158. The average Bonchev–Trinajstić information content (AvgIpc) is 3.11. The van der Waals surface area contributed by atoms with Crippen molar-refractivity contribution >= 4 is 11.7 Å². The number of hydrogen-bond donors (Lipinski definition) is 2. The van der Waals surface area contributed by atoms with Crippen LogP contribution in [0.3, 0.4) is 0 Å². The largest absolute Gasteiger partial charge is 0.384 e. The minimum Gasteiger partial charge on any atom is -0.384 e. The number of nitrogens with zero attached hydrogens (tertiary/aromatic N) is 6. The van der Waals surface area contributed by atoms with Gasteiger partial charge in [0, 0.05) is 17.3 Å². The Morgan fingerprint density at radius 1 is 1.21 bits per heavy atom. The zero-order chi connectivity index (χ0) is 20.8. The quantitative estimate of drug-likeness (QED) is 0.539. The van der Waals surface area contributed by atoms with Crippen LogP contribution in [0.1, 0.15) is 29.9 Å². The third kappa shape index (κ3) is 3.29. The minimum absolute atomic E-state index is 0.0105. The molecule has 3 heterocycles. The van der Waals surface area contributed by atoms with Crippen LogP contribution in [-0.4, -0.2) is 40.6 Å². The Labute approximate surface area is 164 Å². The van der Waals surface area contributed by atoms with Crippen molar-refractivity contribution in [2.45, 2.75) is 19.4 Å². The number of aliphatic hydroxyl groups is 1. The second-order valence-corrected chi connectivity index (χ2v) is 6.90. The number of carbonyl (C=O) groups is 1. The van der Waals surface area contributed by atoms with E-state index in [0.29, 0.717) is 17.0 Å². The monoisotopic (exact) mass is 393 g/mol. The van der Waals surface area contributed by atoms with Crippen molar-refractivity contribution in [3.63, 3.8) is 0 Å². The molecule has 0 unspecified atom stereocenters. The highest BCUT2D eigenvalue weighted by Gasteiger charge is 2.21. The fourth-order valence-electron chi connectivity index (χ4n) is 2.86. The van der Waals surface area contributed by atoms with Crippen LogP contribution in [0.5, 0.6) is 0 Å². The van der Waals surface area contributed by atoms with E-state index in [4.69, 9.17) is 5.73 Å². The van der Waals surface area contributed by atoms with Gasteiger partial charge in [-0.15, -0.1) is 0 Å². The summed E-state index contributed by atoms with van der Waals surface area (Å²) in [5, 5.41) is 14.4. The highest BCUT2D eigenvalue weighted by Crippen LogP contribution is 2.29. The van der Waals surface area contributed by atoms with Gasteiger partial charge in [0.1, 0.15) is 17.7 Å². The average molecular weight is 393 g/mol. The molecule has 3 N–H and O–H groups in total. The predicted octanol–water partition coefficient (Wildman–Crippen LogP) is 1.71.